The molecule has 7 atom stereocenters. The van der Waals surface area contributed by atoms with Crippen molar-refractivity contribution in [2.75, 3.05) is 12.3 Å². The molecule has 0 radical (unpaired) electrons. The molecule has 0 saturated carbocycles. The van der Waals surface area contributed by atoms with Crippen molar-refractivity contribution in [2.45, 2.75) is 129 Å². The van der Waals surface area contributed by atoms with Gasteiger partial charge in [-0.1, -0.05) is 41.5 Å². The summed E-state index contributed by atoms with van der Waals surface area (Å²) < 4.78 is 0. The third-order valence-electron chi connectivity index (χ3n) is 8.72. The molecule has 9 N–H and O–H groups in total. The Kier molecular flexibility index (Phi) is 18.2. The van der Waals surface area contributed by atoms with Gasteiger partial charge in [0.05, 0.1) is 12.4 Å². The molecule has 1 fully saturated rings. The minimum atomic E-state index is -1.20. The van der Waals surface area contributed by atoms with E-state index < -0.39 is 83.7 Å². The van der Waals surface area contributed by atoms with E-state index in [9.17, 15) is 38.7 Å². The lowest BCUT2D eigenvalue weighted by molar-refractivity contribution is -0.143. The molecule has 1 aromatic heterocycles. The van der Waals surface area contributed by atoms with Crippen LogP contribution in [0, 0.1) is 17.8 Å². The number of H-pyrrole nitrogens is 1. The number of rotatable bonds is 21. The number of aromatic amines is 1. The first-order valence-corrected chi connectivity index (χ1v) is 18.9. The van der Waals surface area contributed by atoms with E-state index in [2.05, 4.69) is 49.2 Å². The van der Waals surface area contributed by atoms with E-state index in [1.54, 1.807) is 0 Å². The number of hydrogen-bond acceptors (Lipinski definition) is 10. The quantitative estimate of drug-likeness (QED) is 0.0749. The van der Waals surface area contributed by atoms with Gasteiger partial charge in [-0.15, -0.1) is 0 Å². The summed E-state index contributed by atoms with van der Waals surface area (Å²) in [6.07, 6.45) is 4.44. The molecular formula is C35H59N9O8S. The predicted molar refractivity (Wildman–Crippen MR) is 200 cm³/mol. The molecule has 0 spiro atoms. The van der Waals surface area contributed by atoms with Gasteiger partial charge in [0, 0.05) is 30.6 Å². The number of nitrogens with two attached hydrogens (primary N) is 1. The molecule has 0 aromatic carbocycles. The predicted octanol–water partition coefficient (Wildman–Crippen LogP) is -0.133. The van der Waals surface area contributed by atoms with Gasteiger partial charge in [0.2, 0.25) is 35.4 Å². The van der Waals surface area contributed by atoms with E-state index >= 15 is 0 Å². The Morgan fingerprint density at radius 1 is 0.811 bits per heavy atom. The molecule has 1 aliphatic rings. The summed E-state index contributed by atoms with van der Waals surface area (Å²) in [6, 6.07) is -7.33. The highest BCUT2D eigenvalue weighted by atomic mass is 32.1. The molecule has 18 heteroatoms. The summed E-state index contributed by atoms with van der Waals surface area (Å²) in [5.41, 5.74) is 6.36. The van der Waals surface area contributed by atoms with E-state index in [-0.39, 0.29) is 49.3 Å². The third kappa shape index (κ3) is 14.6. The number of carboxylic acid groups (broad SMARTS) is 1. The molecule has 1 saturated heterocycles. The highest BCUT2D eigenvalue weighted by Crippen LogP contribution is 2.21. The Hall–Kier alpha value is -4.19. The van der Waals surface area contributed by atoms with Gasteiger partial charge in [0.25, 0.3) is 0 Å². The molecule has 17 nitrogen and oxygen atoms in total. The first kappa shape index (κ1) is 45.0. The number of carboxylic acids is 1. The maximum atomic E-state index is 13.9. The number of aliphatic carboxylic acids is 1. The number of nitrogens with one attached hydrogen (secondary N) is 6. The number of thiol groups is 1. The third-order valence-corrected chi connectivity index (χ3v) is 9.11. The standard InChI is InChI=1S/C35H59N9O8S/c1-18(2)11-24(31(47)39-21(7)29(45)43-27(35(51)52)13-20(5)6)40-32(48)25(14-22-15-37-17-38-22)41-33(49)28-9-8-10-44(28)34(50)26(12-19(3)4)42-30(46)23(36)16-53/h15,17-21,23-28,53H,8-14,16,36H2,1-7H3,(H,37,38)(H,39,47)(H,40,48)(H,41,49)(H,42,46)(H,43,45)(H,51,52)/t21-,23-,24-,25-,26-,27-,28-/m0/s1. The van der Waals surface area contributed by atoms with Crippen molar-refractivity contribution >= 4 is 54.0 Å². The monoisotopic (exact) mass is 765 g/mol. The SMILES string of the molecule is CC(C)C[C@H](NC(=O)[C@H](C)NC(=O)[C@H](CC(C)C)NC(=O)[C@H](Cc1cnc[nH]1)NC(=O)[C@@H]1CCCN1C(=O)[C@H](CC(C)C)NC(=O)[C@@H](N)CS)C(=O)O. The van der Waals surface area contributed by atoms with Crippen molar-refractivity contribution < 1.29 is 38.7 Å². The first-order chi connectivity index (χ1) is 24.8. The van der Waals surface area contributed by atoms with Crippen LogP contribution in [-0.4, -0.2) is 116 Å². The van der Waals surface area contributed by atoms with Crippen LogP contribution in [0.4, 0.5) is 0 Å². The Labute approximate surface area is 316 Å². The molecule has 0 unspecified atom stereocenters. The lowest BCUT2D eigenvalue weighted by Gasteiger charge is -2.31. The fourth-order valence-electron chi connectivity index (χ4n) is 6.00. The highest BCUT2D eigenvalue weighted by Gasteiger charge is 2.40. The summed E-state index contributed by atoms with van der Waals surface area (Å²) in [4.78, 5) is 100. The minimum Gasteiger partial charge on any atom is -0.480 e. The van der Waals surface area contributed by atoms with Gasteiger partial charge in [-0.3, -0.25) is 28.8 Å². The topological polar surface area (TPSA) is 258 Å². The molecule has 1 aliphatic heterocycles. The Balaban J connectivity index is 2.26. The number of amides is 6. The highest BCUT2D eigenvalue weighted by molar-refractivity contribution is 7.80. The van der Waals surface area contributed by atoms with E-state index in [0.29, 0.717) is 25.0 Å². The molecular weight excluding hydrogens is 707 g/mol. The van der Waals surface area contributed by atoms with Gasteiger partial charge in [0.15, 0.2) is 0 Å². The van der Waals surface area contributed by atoms with Crippen LogP contribution < -0.4 is 32.3 Å². The van der Waals surface area contributed by atoms with Crippen molar-refractivity contribution in [2.24, 2.45) is 23.5 Å². The zero-order valence-corrected chi connectivity index (χ0v) is 32.7. The average molecular weight is 766 g/mol. The second-order valence-corrected chi connectivity index (χ2v) is 15.3. The van der Waals surface area contributed by atoms with Gasteiger partial charge >= 0.3 is 5.97 Å². The summed E-state index contributed by atoms with van der Waals surface area (Å²) in [6.45, 7) is 12.8. The zero-order chi connectivity index (χ0) is 40.0. The van der Waals surface area contributed by atoms with Crippen molar-refractivity contribution in [3.63, 3.8) is 0 Å². The van der Waals surface area contributed by atoms with Gasteiger partial charge in [-0.25, -0.2) is 9.78 Å². The van der Waals surface area contributed by atoms with Crippen molar-refractivity contribution in [3.05, 3.63) is 18.2 Å². The molecule has 0 aliphatic carbocycles. The molecule has 2 heterocycles. The fraction of sp³-hybridized carbons (Fsp3) is 0.714. The number of carbonyl (C=O) groups is 7. The van der Waals surface area contributed by atoms with Crippen molar-refractivity contribution in [3.8, 4) is 0 Å². The normalized spacial score (nSPS) is 17.7. The molecule has 0 bridgehead atoms. The van der Waals surface area contributed by atoms with Gasteiger partial charge in [-0.05, 0) is 56.8 Å². The van der Waals surface area contributed by atoms with Gasteiger partial charge in [0.1, 0.15) is 36.3 Å². The van der Waals surface area contributed by atoms with E-state index in [1.165, 1.54) is 24.3 Å². The van der Waals surface area contributed by atoms with Crippen LogP contribution in [0.3, 0.4) is 0 Å². The molecule has 53 heavy (non-hydrogen) atoms. The lowest BCUT2D eigenvalue weighted by atomic mass is 10.0. The Morgan fingerprint density at radius 3 is 1.91 bits per heavy atom. The lowest BCUT2D eigenvalue weighted by Crippen LogP contribution is -2.60. The Morgan fingerprint density at radius 2 is 1.36 bits per heavy atom. The average Bonchev–Trinajstić information content (AvgIpc) is 3.78. The largest absolute Gasteiger partial charge is 0.480 e. The first-order valence-electron chi connectivity index (χ1n) is 18.2. The van der Waals surface area contributed by atoms with E-state index in [4.69, 9.17) is 5.73 Å². The van der Waals surface area contributed by atoms with Crippen molar-refractivity contribution in [1.82, 2.24) is 41.5 Å². The van der Waals surface area contributed by atoms with Crippen LogP contribution in [-0.2, 0) is 40.0 Å². The van der Waals surface area contributed by atoms with E-state index in [1.807, 2.05) is 41.5 Å². The van der Waals surface area contributed by atoms with Crippen LogP contribution in [0.2, 0.25) is 0 Å². The van der Waals surface area contributed by atoms with Crippen LogP contribution in [0.1, 0.15) is 86.3 Å². The van der Waals surface area contributed by atoms with Crippen LogP contribution in [0.25, 0.3) is 0 Å². The van der Waals surface area contributed by atoms with Crippen LogP contribution in [0.5, 0.6) is 0 Å². The van der Waals surface area contributed by atoms with E-state index in [0.717, 1.165) is 0 Å². The molecule has 298 valence electrons. The van der Waals surface area contributed by atoms with Gasteiger partial charge in [-0.2, -0.15) is 12.6 Å². The van der Waals surface area contributed by atoms with Crippen LogP contribution >= 0.6 is 12.6 Å². The van der Waals surface area contributed by atoms with Gasteiger partial charge < -0.3 is 47.3 Å². The zero-order valence-electron chi connectivity index (χ0n) is 31.8. The van der Waals surface area contributed by atoms with Crippen molar-refractivity contribution in [1.29, 1.82) is 0 Å². The maximum Gasteiger partial charge on any atom is 0.326 e. The molecule has 1 aromatic rings. The number of nitrogens with zero attached hydrogens (tertiary/aromatic N) is 2. The number of aromatic nitrogens is 2. The van der Waals surface area contributed by atoms with Crippen LogP contribution in [0.15, 0.2) is 12.5 Å². The summed E-state index contributed by atoms with van der Waals surface area (Å²) in [5.74, 6) is -4.73. The number of carbonyl (C=O) groups excluding carboxylic acids is 6. The number of hydrogen-bond donors (Lipinski definition) is 9. The minimum absolute atomic E-state index is 0.00339. The fourth-order valence-corrected chi connectivity index (χ4v) is 6.16. The number of likely N-dealkylation sites (tertiary alicyclic amines) is 1. The molecule has 2 rings (SSSR count). The smallest absolute Gasteiger partial charge is 0.326 e. The maximum absolute atomic E-state index is 13.9. The summed E-state index contributed by atoms with van der Waals surface area (Å²) >= 11 is 4.07. The molecule has 6 amide bonds. The summed E-state index contributed by atoms with van der Waals surface area (Å²) in [7, 11) is 0. The second kappa shape index (κ2) is 21.5. The second-order valence-electron chi connectivity index (χ2n) is 15.0. The number of imidazole rings is 1. The summed E-state index contributed by atoms with van der Waals surface area (Å²) in [5, 5.41) is 22.8. The Bertz CT molecular complexity index is 1410.